The summed E-state index contributed by atoms with van der Waals surface area (Å²) in [5.41, 5.74) is -1.39. The molecule has 6 nitrogen and oxygen atoms in total. The van der Waals surface area contributed by atoms with E-state index in [9.17, 15) is 30.8 Å². The van der Waals surface area contributed by atoms with Crippen molar-refractivity contribution < 1.29 is 35.5 Å². The minimum absolute atomic E-state index is 0.0267. The lowest BCUT2D eigenvalue weighted by molar-refractivity contribution is -0.144. The zero-order valence-corrected chi connectivity index (χ0v) is 21.8. The third kappa shape index (κ3) is 7.04. The van der Waals surface area contributed by atoms with Gasteiger partial charge in [-0.2, -0.15) is 13.2 Å². The van der Waals surface area contributed by atoms with E-state index in [-0.39, 0.29) is 47.0 Å². The molecule has 37 heavy (non-hydrogen) atoms. The first-order valence-electron chi connectivity index (χ1n) is 11.1. The second-order valence-electron chi connectivity index (χ2n) is 8.62. The Bertz CT molecular complexity index is 1390. The smallest absolute Gasteiger partial charge is 0.392 e. The van der Waals surface area contributed by atoms with Crippen LogP contribution in [0.25, 0.3) is 11.1 Å². The highest BCUT2D eigenvalue weighted by atomic mass is 35.5. The van der Waals surface area contributed by atoms with E-state index in [4.69, 9.17) is 16.3 Å². The van der Waals surface area contributed by atoms with E-state index in [1.54, 1.807) is 30.3 Å². The molecule has 1 amide bonds. The molecule has 0 spiro atoms. The third-order valence-electron chi connectivity index (χ3n) is 5.62. The molecule has 3 rings (SSSR count). The quantitative estimate of drug-likeness (QED) is 0.308. The molecule has 0 aliphatic carbocycles. The summed E-state index contributed by atoms with van der Waals surface area (Å²) in [6.45, 7) is 0.841. The first kappa shape index (κ1) is 28.5. The van der Waals surface area contributed by atoms with Gasteiger partial charge < -0.3 is 14.2 Å². The van der Waals surface area contributed by atoms with Gasteiger partial charge in [-0.15, -0.1) is 0 Å². The Morgan fingerprint density at radius 2 is 1.78 bits per heavy atom. The highest BCUT2D eigenvalue weighted by molar-refractivity contribution is 7.90. The Morgan fingerprint density at radius 1 is 1.14 bits per heavy atom. The molecule has 1 aromatic heterocycles. The minimum atomic E-state index is -4.86. The van der Waals surface area contributed by atoms with Crippen LogP contribution in [0.3, 0.4) is 0 Å². The molecule has 0 saturated carbocycles. The van der Waals surface area contributed by atoms with Crippen LogP contribution in [0.4, 0.5) is 22.4 Å². The van der Waals surface area contributed by atoms with E-state index in [0.717, 1.165) is 21.8 Å². The van der Waals surface area contributed by atoms with Crippen LogP contribution < -0.4 is 4.74 Å². The average molecular weight is 561 g/mol. The van der Waals surface area contributed by atoms with Gasteiger partial charge in [0.2, 0.25) is 5.88 Å². The summed E-state index contributed by atoms with van der Waals surface area (Å²) in [4.78, 5) is 14.0. The second kappa shape index (κ2) is 11.1. The largest absolute Gasteiger partial charge is 0.431 e. The van der Waals surface area contributed by atoms with Crippen LogP contribution in [0.1, 0.15) is 23.2 Å². The van der Waals surface area contributed by atoms with Gasteiger partial charge in [-0.25, -0.2) is 17.6 Å². The van der Waals surface area contributed by atoms with Crippen molar-refractivity contribution in [2.75, 3.05) is 25.6 Å². The second-order valence-corrected chi connectivity index (χ2v) is 11.3. The summed E-state index contributed by atoms with van der Waals surface area (Å²) < 4.78 is 87.0. The molecule has 3 aromatic rings. The van der Waals surface area contributed by atoms with Crippen LogP contribution in [-0.4, -0.2) is 49.6 Å². The highest BCUT2D eigenvalue weighted by Gasteiger charge is 2.41. The zero-order valence-electron chi connectivity index (χ0n) is 20.3. The maximum atomic E-state index is 15.0. The van der Waals surface area contributed by atoms with Crippen LogP contribution >= 0.6 is 11.6 Å². The lowest BCUT2D eigenvalue weighted by Crippen LogP contribution is -2.32. The normalized spacial score (nSPS) is 12.0. The van der Waals surface area contributed by atoms with Gasteiger partial charge in [0.25, 0.3) is 0 Å². The van der Waals surface area contributed by atoms with Gasteiger partial charge in [-0.3, -0.25) is 0 Å². The first-order chi connectivity index (χ1) is 17.2. The summed E-state index contributed by atoms with van der Waals surface area (Å²) >= 11 is 5.85. The van der Waals surface area contributed by atoms with Crippen LogP contribution in [0, 0.1) is 12.7 Å². The van der Waals surface area contributed by atoms with Crippen molar-refractivity contribution in [3.05, 3.63) is 76.2 Å². The molecule has 0 unspecified atom stereocenters. The summed E-state index contributed by atoms with van der Waals surface area (Å²) in [5.74, 6) is -1.57. The van der Waals surface area contributed by atoms with E-state index in [1.165, 1.54) is 26.1 Å². The summed E-state index contributed by atoms with van der Waals surface area (Å²) in [6.07, 6.45) is -4.73. The number of halogens is 5. The summed E-state index contributed by atoms with van der Waals surface area (Å²) in [7, 11) is -1.95. The van der Waals surface area contributed by atoms with Crippen LogP contribution in [0.5, 0.6) is 5.88 Å². The van der Waals surface area contributed by atoms with Gasteiger partial charge in [-0.1, -0.05) is 41.9 Å². The van der Waals surface area contributed by atoms with E-state index in [1.807, 2.05) is 0 Å². The number of benzene rings is 2. The number of nitrogens with zero attached hydrogens (tertiary/aromatic N) is 2. The predicted octanol–water partition coefficient (Wildman–Crippen LogP) is 6.19. The molecular weight excluding hydrogens is 536 g/mol. The van der Waals surface area contributed by atoms with E-state index in [0.29, 0.717) is 5.56 Å². The molecule has 200 valence electrons. The molecule has 0 radical (unpaired) electrons. The van der Waals surface area contributed by atoms with Crippen molar-refractivity contribution in [2.24, 2.45) is 0 Å². The number of sulfone groups is 1. The summed E-state index contributed by atoms with van der Waals surface area (Å²) in [6, 6.07) is 11.7. The van der Waals surface area contributed by atoms with Crippen LogP contribution in [0.15, 0.2) is 48.5 Å². The Balaban J connectivity index is 2.15. The Morgan fingerprint density at radius 3 is 2.35 bits per heavy atom. The molecule has 2 aromatic carbocycles. The van der Waals surface area contributed by atoms with Gasteiger partial charge >= 0.3 is 12.3 Å². The number of rotatable bonds is 8. The Hall–Kier alpha value is -3.05. The van der Waals surface area contributed by atoms with Crippen molar-refractivity contribution in [1.82, 2.24) is 9.47 Å². The maximum absolute atomic E-state index is 15.0. The number of hydrogen-bond acceptors (Lipinski definition) is 4. The van der Waals surface area contributed by atoms with E-state index in [2.05, 4.69) is 0 Å². The Kier molecular flexibility index (Phi) is 8.59. The molecule has 0 N–H and O–H groups in total. The van der Waals surface area contributed by atoms with Crippen molar-refractivity contribution in [2.45, 2.75) is 26.1 Å². The number of amides is 1. The average Bonchev–Trinajstić information content (AvgIpc) is 3.04. The fourth-order valence-corrected chi connectivity index (χ4v) is 4.74. The molecule has 0 saturated heterocycles. The molecule has 0 bridgehead atoms. The number of aromatic nitrogens is 1. The number of carbonyl (C=O) groups is 1. The summed E-state index contributed by atoms with van der Waals surface area (Å²) in [5, 5.41) is 0.0443. The van der Waals surface area contributed by atoms with E-state index >= 15 is 0 Å². The number of ether oxygens (including phenoxy) is 1. The number of hydrogen-bond donors (Lipinski definition) is 0. The van der Waals surface area contributed by atoms with Crippen molar-refractivity contribution in [3.63, 3.8) is 0 Å². The van der Waals surface area contributed by atoms with Gasteiger partial charge in [0.05, 0.1) is 17.9 Å². The molecule has 0 aliphatic rings. The molecule has 12 heteroatoms. The van der Waals surface area contributed by atoms with Crippen LogP contribution in [0.2, 0.25) is 5.02 Å². The molecule has 0 aliphatic heterocycles. The first-order valence-corrected chi connectivity index (χ1v) is 13.5. The third-order valence-corrected chi connectivity index (χ3v) is 6.88. The zero-order chi connectivity index (χ0) is 27.5. The fourth-order valence-electron chi connectivity index (χ4n) is 3.93. The Labute approximate surface area is 217 Å². The molecule has 1 heterocycles. The monoisotopic (exact) mass is 560 g/mol. The standard InChI is InChI=1S/C25H25ClF4N2O4S/c1-16-21(19-11-10-18(26)14-20(19)27)23(36-24(33)31(2)12-7-13-37(3,34)35)32(22(16)25(28,29)30)15-17-8-5-4-6-9-17/h4-6,8-11,14H,7,12-13,15H2,1-3H3. The van der Waals surface area contributed by atoms with Gasteiger partial charge in [0.15, 0.2) is 0 Å². The fraction of sp³-hybridized carbons (Fsp3) is 0.320. The highest BCUT2D eigenvalue weighted by Crippen LogP contribution is 2.46. The lowest BCUT2D eigenvalue weighted by Gasteiger charge is -2.20. The number of carbonyl (C=O) groups excluding carboxylic acids is 1. The van der Waals surface area contributed by atoms with Crippen molar-refractivity contribution >= 4 is 27.5 Å². The van der Waals surface area contributed by atoms with Crippen molar-refractivity contribution in [1.29, 1.82) is 0 Å². The predicted molar refractivity (Wildman–Crippen MR) is 133 cm³/mol. The maximum Gasteiger partial charge on any atom is 0.431 e. The topological polar surface area (TPSA) is 68.6 Å². The molecule has 0 atom stereocenters. The number of alkyl halides is 3. The minimum Gasteiger partial charge on any atom is -0.392 e. The van der Waals surface area contributed by atoms with Crippen molar-refractivity contribution in [3.8, 4) is 17.0 Å². The van der Waals surface area contributed by atoms with Gasteiger partial charge in [0, 0.05) is 30.4 Å². The lowest BCUT2D eigenvalue weighted by atomic mass is 10.0. The van der Waals surface area contributed by atoms with Gasteiger partial charge in [0.1, 0.15) is 21.3 Å². The van der Waals surface area contributed by atoms with E-state index < -0.39 is 39.5 Å². The molecular formula is C25H25ClF4N2O4S. The molecule has 0 fully saturated rings. The van der Waals surface area contributed by atoms with Gasteiger partial charge in [-0.05, 0) is 42.7 Å². The van der Waals surface area contributed by atoms with Crippen LogP contribution in [-0.2, 0) is 22.6 Å². The SMILES string of the molecule is Cc1c(-c2ccc(Cl)cc2F)c(OC(=O)N(C)CCCS(C)(=O)=O)n(Cc2ccccc2)c1C(F)(F)F.